The van der Waals surface area contributed by atoms with Gasteiger partial charge >= 0.3 is 5.97 Å². The Bertz CT molecular complexity index is 507. The third-order valence-corrected chi connectivity index (χ3v) is 3.03. The van der Waals surface area contributed by atoms with Gasteiger partial charge in [-0.1, -0.05) is 6.08 Å². The number of hydrogen-bond donors (Lipinski definition) is 2. The molecular weight excluding hydrogens is 258 g/mol. The van der Waals surface area contributed by atoms with Crippen molar-refractivity contribution in [2.24, 2.45) is 0 Å². The number of rotatable bonds is 5. The molecule has 0 spiro atoms. The molecule has 0 radical (unpaired) electrons. The fourth-order valence-electron chi connectivity index (χ4n) is 2.03. The Kier molecular flexibility index (Phi) is 4.53. The van der Waals surface area contributed by atoms with Crippen LogP contribution in [0.2, 0.25) is 0 Å². The monoisotopic (exact) mass is 275 g/mol. The Labute approximate surface area is 117 Å². The molecule has 0 amide bonds. The van der Waals surface area contributed by atoms with Crippen LogP contribution in [0.4, 0.5) is 5.69 Å². The number of carbonyl (C=O) groups is 2. The second-order valence-corrected chi connectivity index (χ2v) is 4.77. The lowest BCUT2D eigenvalue weighted by atomic mass is 10.1. The van der Waals surface area contributed by atoms with Gasteiger partial charge < -0.3 is 15.2 Å². The molecule has 0 bridgehead atoms. The Morgan fingerprint density at radius 2 is 2.10 bits per heavy atom. The van der Waals surface area contributed by atoms with E-state index in [0.717, 1.165) is 12.0 Å². The van der Waals surface area contributed by atoms with Crippen LogP contribution >= 0.6 is 0 Å². The average molecular weight is 275 g/mol. The summed E-state index contributed by atoms with van der Waals surface area (Å²) >= 11 is 0. The Morgan fingerprint density at radius 1 is 1.40 bits per heavy atom. The van der Waals surface area contributed by atoms with E-state index < -0.39 is 12.2 Å². The van der Waals surface area contributed by atoms with E-state index in [0.29, 0.717) is 5.56 Å². The highest BCUT2D eigenvalue weighted by molar-refractivity contribution is 5.76. The van der Waals surface area contributed by atoms with Gasteiger partial charge in [0.15, 0.2) is 0 Å². The molecule has 1 heterocycles. The van der Waals surface area contributed by atoms with Crippen molar-refractivity contribution in [2.75, 3.05) is 5.32 Å². The Hall–Kier alpha value is -2.14. The summed E-state index contributed by atoms with van der Waals surface area (Å²) in [7, 11) is 0. The molecule has 5 nitrogen and oxygen atoms in total. The molecule has 106 valence electrons. The second-order valence-electron chi connectivity index (χ2n) is 4.77. The van der Waals surface area contributed by atoms with E-state index in [9.17, 15) is 14.7 Å². The quantitative estimate of drug-likeness (QED) is 0.484. The largest absolute Gasteiger partial charge is 0.456 e. The molecule has 0 unspecified atom stereocenters. The summed E-state index contributed by atoms with van der Waals surface area (Å²) in [4.78, 5) is 22.0. The van der Waals surface area contributed by atoms with Crippen molar-refractivity contribution < 1.29 is 19.4 Å². The lowest BCUT2D eigenvalue weighted by molar-refractivity contribution is -0.140. The summed E-state index contributed by atoms with van der Waals surface area (Å²) in [5.74, 6) is -0.271. The zero-order valence-electron chi connectivity index (χ0n) is 11.2. The van der Waals surface area contributed by atoms with Crippen LogP contribution < -0.4 is 5.32 Å². The van der Waals surface area contributed by atoms with E-state index in [2.05, 4.69) is 5.32 Å². The Balaban J connectivity index is 2.05. The van der Waals surface area contributed by atoms with Crippen molar-refractivity contribution in [1.82, 2.24) is 0 Å². The van der Waals surface area contributed by atoms with E-state index >= 15 is 0 Å². The zero-order valence-corrected chi connectivity index (χ0v) is 11.2. The van der Waals surface area contributed by atoms with E-state index in [1.807, 2.05) is 0 Å². The summed E-state index contributed by atoms with van der Waals surface area (Å²) in [5, 5.41) is 12.4. The number of hydrogen-bond acceptors (Lipinski definition) is 5. The number of ether oxygens (including phenoxy) is 1. The van der Waals surface area contributed by atoms with Crippen molar-refractivity contribution >= 4 is 17.9 Å². The summed E-state index contributed by atoms with van der Waals surface area (Å²) in [5.41, 5.74) is 1.41. The summed E-state index contributed by atoms with van der Waals surface area (Å²) in [6.45, 7) is 1.63. The van der Waals surface area contributed by atoms with Crippen LogP contribution in [-0.2, 0) is 9.53 Å². The lowest BCUT2D eigenvalue weighted by Crippen LogP contribution is -2.27. The molecular formula is C15H17NO4. The standard InChI is InChI=1S/C15H17NO4/c1-10(18)2-7-14-13(8-15(19)20-14)16-12-5-3-11(9-17)4-6-12/h2-7,9-10,13-14,16,18H,8H2,1H3/t10-,13+,14-/m1/s1. The van der Waals surface area contributed by atoms with Gasteiger partial charge in [-0.25, -0.2) is 0 Å². The molecule has 5 heteroatoms. The molecule has 0 aliphatic carbocycles. The van der Waals surface area contributed by atoms with Gasteiger partial charge in [-0.15, -0.1) is 0 Å². The van der Waals surface area contributed by atoms with Gasteiger partial charge in [0.1, 0.15) is 12.4 Å². The maximum Gasteiger partial charge on any atom is 0.308 e. The first-order chi connectivity index (χ1) is 9.58. The van der Waals surface area contributed by atoms with E-state index in [1.165, 1.54) is 0 Å². The normalized spacial score (nSPS) is 23.6. The predicted molar refractivity (Wildman–Crippen MR) is 74.6 cm³/mol. The number of anilines is 1. The first kappa shape index (κ1) is 14.3. The van der Waals surface area contributed by atoms with Crippen molar-refractivity contribution in [3.8, 4) is 0 Å². The SMILES string of the molecule is C[C@@H](O)C=C[C@H]1OC(=O)C[C@@H]1Nc1ccc(C=O)cc1. The average Bonchev–Trinajstić information content (AvgIpc) is 2.77. The van der Waals surface area contributed by atoms with Crippen molar-refractivity contribution in [2.45, 2.75) is 31.6 Å². The number of benzene rings is 1. The number of esters is 1. The highest BCUT2D eigenvalue weighted by atomic mass is 16.6. The maximum absolute atomic E-state index is 11.4. The highest BCUT2D eigenvalue weighted by Crippen LogP contribution is 2.21. The van der Waals surface area contributed by atoms with Crippen LogP contribution in [0.1, 0.15) is 23.7 Å². The fraction of sp³-hybridized carbons (Fsp3) is 0.333. The maximum atomic E-state index is 11.4. The number of cyclic esters (lactones) is 1. The van der Waals surface area contributed by atoms with Gasteiger partial charge in [0.25, 0.3) is 0 Å². The van der Waals surface area contributed by atoms with E-state index in [4.69, 9.17) is 4.74 Å². The molecule has 2 N–H and O–H groups in total. The molecule has 1 fully saturated rings. The fourth-order valence-corrected chi connectivity index (χ4v) is 2.03. The van der Waals surface area contributed by atoms with Crippen molar-refractivity contribution in [3.05, 3.63) is 42.0 Å². The van der Waals surface area contributed by atoms with Crippen LogP contribution in [0, 0.1) is 0 Å². The van der Waals surface area contributed by atoms with E-state index in [1.54, 1.807) is 43.3 Å². The molecule has 1 aliphatic heterocycles. The number of aliphatic hydroxyl groups excluding tert-OH is 1. The van der Waals surface area contributed by atoms with Crippen molar-refractivity contribution in [1.29, 1.82) is 0 Å². The molecule has 1 saturated heterocycles. The molecule has 1 aromatic rings. The minimum Gasteiger partial charge on any atom is -0.456 e. The van der Waals surface area contributed by atoms with Gasteiger partial charge in [-0.05, 0) is 37.3 Å². The van der Waals surface area contributed by atoms with Crippen LogP contribution in [0.5, 0.6) is 0 Å². The van der Waals surface area contributed by atoms with Gasteiger partial charge in [0, 0.05) is 11.3 Å². The molecule has 3 atom stereocenters. The predicted octanol–water partition coefficient (Wildman–Crippen LogP) is 1.53. The first-order valence-electron chi connectivity index (χ1n) is 6.46. The third-order valence-electron chi connectivity index (χ3n) is 3.03. The number of aliphatic hydroxyl groups is 1. The van der Waals surface area contributed by atoms with Gasteiger partial charge in [-0.2, -0.15) is 0 Å². The first-order valence-corrected chi connectivity index (χ1v) is 6.46. The molecule has 0 aromatic heterocycles. The van der Waals surface area contributed by atoms with Gasteiger partial charge in [0.05, 0.1) is 18.6 Å². The molecule has 1 aromatic carbocycles. The molecule has 20 heavy (non-hydrogen) atoms. The van der Waals surface area contributed by atoms with Crippen LogP contribution in [0.15, 0.2) is 36.4 Å². The summed E-state index contributed by atoms with van der Waals surface area (Å²) in [6.07, 6.45) is 3.34. The van der Waals surface area contributed by atoms with E-state index in [-0.39, 0.29) is 18.4 Å². The minimum atomic E-state index is -0.582. The zero-order chi connectivity index (χ0) is 14.5. The van der Waals surface area contributed by atoms with Crippen LogP contribution in [0.25, 0.3) is 0 Å². The smallest absolute Gasteiger partial charge is 0.308 e. The minimum absolute atomic E-state index is 0.181. The molecule has 1 aliphatic rings. The molecule has 2 rings (SSSR count). The summed E-state index contributed by atoms with van der Waals surface area (Å²) in [6, 6.07) is 6.78. The highest BCUT2D eigenvalue weighted by Gasteiger charge is 2.32. The topological polar surface area (TPSA) is 75.6 Å². The number of nitrogens with one attached hydrogen (secondary N) is 1. The molecule has 0 saturated carbocycles. The van der Waals surface area contributed by atoms with Gasteiger partial charge in [0.2, 0.25) is 0 Å². The second kappa shape index (κ2) is 6.34. The van der Waals surface area contributed by atoms with Crippen LogP contribution in [-0.4, -0.2) is 35.6 Å². The third kappa shape index (κ3) is 3.68. The number of carbonyl (C=O) groups excluding carboxylic acids is 2. The van der Waals surface area contributed by atoms with Crippen molar-refractivity contribution in [3.63, 3.8) is 0 Å². The van der Waals surface area contributed by atoms with Gasteiger partial charge in [-0.3, -0.25) is 9.59 Å². The summed E-state index contributed by atoms with van der Waals surface area (Å²) < 4.78 is 5.19. The Morgan fingerprint density at radius 3 is 2.70 bits per heavy atom. The lowest BCUT2D eigenvalue weighted by Gasteiger charge is -2.17. The van der Waals surface area contributed by atoms with Crippen LogP contribution in [0.3, 0.4) is 0 Å². The number of aldehydes is 1.